The highest BCUT2D eigenvalue weighted by Crippen LogP contribution is 2.11. The Balaban J connectivity index is 2.61. The van der Waals surface area contributed by atoms with Crippen LogP contribution in [0, 0.1) is 5.92 Å². The minimum absolute atomic E-state index is 0.0434. The van der Waals surface area contributed by atoms with Crippen LogP contribution in [-0.2, 0) is 0 Å². The van der Waals surface area contributed by atoms with Gasteiger partial charge in [0.15, 0.2) is 0 Å². The summed E-state index contributed by atoms with van der Waals surface area (Å²) in [7, 11) is 0. The summed E-state index contributed by atoms with van der Waals surface area (Å²) < 4.78 is 0. The number of hydrogen-bond acceptors (Lipinski definition) is 5. The van der Waals surface area contributed by atoms with Crippen molar-refractivity contribution < 1.29 is 0 Å². The molecular weight excluding hydrogens is 222 g/mol. The Labute approximate surface area is 98.8 Å². The first-order chi connectivity index (χ1) is 8.08. The van der Waals surface area contributed by atoms with Gasteiger partial charge in [-0.1, -0.05) is 26.7 Å². The highest BCUT2D eigenvalue weighted by Gasteiger charge is 2.14. The quantitative estimate of drug-likeness (QED) is 0.542. The number of rotatable bonds is 6. The average molecular weight is 241 g/mol. The van der Waals surface area contributed by atoms with Crippen molar-refractivity contribution in [1.29, 1.82) is 0 Å². The molecule has 1 rings (SSSR count). The summed E-state index contributed by atoms with van der Waals surface area (Å²) in [5.74, 6) is 0.496. The Morgan fingerprint density at radius 1 is 1.35 bits per heavy atom. The molecule has 1 aromatic rings. The molecule has 0 radical (unpaired) electrons. The second kappa shape index (κ2) is 6.19. The summed E-state index contributed by atoms with van der Waals surface area (Å²) in [6.45, 7) is 4.62. The number of aromatic amines is 2. The van der Waals surface area contributed by atoms with E-state index in [0.29, 0.717) is 12.5 Å². The molecule has 1 atom stereocenters. The number of aromatic nitrogens is 3. The molecule has 1 aromatic heterocycles. The van der Waals surface area contributed by atoms with Crippen LogP contribution in [0.1, 0.15) is 26.7 Å². The van der Waals surface area contributed by atoms with Crippen LogP contribution in [-0.4, -0.2) is 27.8 Å². The number of nitrogens with two attached hydrogens (primary N) is 1. The van der Waals surface area contributed by atoms with E-state index in [2.05, 4.69) is 34.3 Å². The van der Waals surface area contributed by atoms with Gasteiger partial charge in [-0.25, -0.2) is 9.89 Å². The predicted octanol–water partition coefficient (Wildman–Crippen LogP) is -0.366. The molecule has 0 aliphatic rings. The summed E-state index contributed by atoms with van der Waals surface area (Å²) in [4.78, 5) is 24.2. The molecule has 7 heteroatoms. The fourth-order valence-electron chi connectivity index (χ4n) is 1.74. The van der Waals surface area contributed by atoms with E-state index in [9.17, 15) is 9.59 Å². The molecule has 0 aliphatic heterocycles. The third-order valence-corrected chi connectivity index (χ3v) is 2.87. The normalized spacial score (nSPS) is 12.7. The molecule has 0 saturated carbocycles. The van der Waals surface area contributed by atoms with Gasteiger partial charge in [-0.15, -0.1) is 5.10 Å². The molecule has 5 N–H and O–H groups in total. The molecule has 1 unspecified atom stereocenters. The zero-order valence-electron chi connectivity index (χ0n) is 10.1. The Kier molecular flexibility index (Phi) is 4.89. The van der Waals surface area contributed by atoms with Crippen molar-refractivity contribution in [3.63, 3.8) is 0 Å². The first-order valence-electron chi connectivity index (χ1n) is 5.76. The standard InChI is InChI=1S/C10H19N5O2/c1-3-6(4-2)7(11)5-12-8-9(16)13-10(17)15-14-8/h6-7H,3-5,11H2,1-2H3,(H,12,14)(H2,13,15,16,17). The predicted molar refractivity (Wildman–Crippen MR) is 66.0 cm³/mol. The molecule has 17 heavy (non-hydrogen) atoms. The summed E-state index contributed by atoms with van der Waals surface area (Å²) in [5, 5.41) is 8.61. The van der Waals surface area contributed by atoms with Gasteiger partial charge in [0.25, 0.3) is 5.56 Å². The summed E-state index contributed by atoms with van der Waals surface area (Å²) in [5.41, 5.74) is 4.84. The number of anilines is 1. The van der Waals surface area contributed by atoms with Crippen LogP contribution in [0.2, 0.25) is 0 Å². The maximum absolute atomic E-state index is 11.3. The zero-order valence-corrected chi connectivity index (χ0v) is 10.1. The molecule has 7 nitrogen and oxygen atoms in total. The molecule has 0 bridgehead atoms. The molecule has 0 aromatic carbocycles. The minimum atomic E-state index is -0.621. The van der Waals surface area contributed by atoms with Gasteiger partial charge in [0.1, 0.15) is 0 Å². The summed E-state index contributed by atoms with van der Waals surface area (Å²) in [6.07, 6.45) is 1.99. The van der Waals surface area contributed by atoms with Crippen LogP contribution in [0.4, 0.5) is 5.82 Å². The Hall–Kier alpha value is -1.63. The number of nitrogens with one attached hydrogen (secondary N) is 3. The summed E-state index contributed by atoms with van der Waals surface area (Å²) >= 11 is 0. The van der Waals surface area contributed by atoms with Gasteiger partial charge in [0, 0.05) is 12.6 Å². The molecule has 1 heterocycles. The van der Waals surface area contributed by atoms with Crippen molar-refractivity contribution in [2.75, 3.05) is 11.9 Å². The van der Waals surface area contributed by atoms with Crippen LogP contribution >= 0.6 is 0 Å². The van der Waals surface area contributed by atoms with Gasteiger partial charge in [-0.05, 0) is 5.92 Å². The van der Waals surface area contributed by atoms with Gasteiger partial charge in [-0.2, -0.15) is 0 Å². The zero-order chi connectivity index (χ0) is 12.8. The SMILES string of the molecule is CCC(CC)C(N)CNc1n[nH]c(=O)[nH]c1=O. The van der Waals surface area contributed by atoms with Gasteiger partial charge in [0.05, 0.1) is 0 Å². The largest absolute Gasteiger partial charge is 0.362 e. The number of nitrogens with zero attached hydrogens (tertiary/aromatic N) is 1. The van der Waals surface area contributed by atoms with E-state index >= 15 is 0 Å². The van der Waals surface area contributed by atoms with E-state index in [4.69, 9.17) is 5.73 Å². The second-order valence-corrected chi connectivity index (χ2v) is 3.98. The number of hydrogen-bond donors (Lipinski definition) is 4. The fraction of sp³-hybridized carbons (Fsp3) is 0.700. The van der Waals surface area contributed by atoms with Crippen molar-refractivity contribution in [1.82, 2.24) is 15.2 Å². The van der Waals surface area contributed by atoms with Gasteiger partial charge in [0.2, 0.25) is 5.82 Å². The Bertz CT molecular complexity index is 448. The van der Waals surface area contributed by atoms with Crippen molar-refractivity contribution >= 4 is 5.82 Å². The van der Waals surface area contributed by atoms with Crippen LogP contribution in [0.25, 0.3) is 0 Å². The maximum Gasteiger partial charge on any atom is 0.342 e. The monoisotopic (exact) mass is 241 g/mol. The molecule has 0 saturated heterocycles. The minimum Gasteiger partial charge on any atom is -0.362 e. The van der Waals surface area contributed by atoms with Gasteiger partial charge in [-0.3, -0.25) is 9.78 Å². The molecule has 0 aliphatic carbocycles. The Morgan fingerprint density at radius 2 is 2.00 bits per heavy atom. The lowest BCUT2D eigenvalue weighted by Crippen LogP contribution is -2.38. The maximum atomic E-state index is 11.3. The van der Waals surface area contributed by atoms with E-state index in [1.54, 1.807) is 0 Å². The van der Waals surface area contributed by atoms with Crippen molar-refractivity contribution in [3.05, 3.63) is 20.8 Å². The molecule has 0 amide bonds. The van der Waals surface area contributed by atoms with E-state index in [1.807, 2.05) is 0 Å². The van der Waals surface area contributed by atoms with E-state index in [0.717, 1.165) is 12.8 Å². The number of H-pyrrole nitrogens is 2. The highest BCUT2D eigenvalue weighted by molar-refractivity contribution is 5.28. The van der Waals surface area contributed by atoms with Gasteiger partial charge < -0.3 is 11.1 Å². The van der Waals surface area contributed by atoms with Crippen LogP contribution in [0.5, 0.6) is 0 Å². The van der Waals surface area contributed by atoms with Crippen LogP contribution in [0.3, 0.4) is 0 Å². The first-order valence-corrected chi connectivity index (χ1v) is 5.76. The molecule has 0 spiro atoms. The van der Waals surface area contributed by atoms with Crippen LogP contribution < -0.4 is 22.3 Å². The molecular formula is C10H19N5O2. The smallest absolute Gasteiger partial charge is 0.342 e. The van der Waals surface area contributed by atoms with Crippen molar-refractivity contribution in [3.8, 4) is 0 Å². The van der Waals surface area contributed by atoms with Crippen LogP contribution in [0.15, 0.2) is 9.59 Å². The highest BCUT2D eigenvalue weighted by atomic mass is 16.2. The lowest BCUT2D eigenvalue weighted by atomic mass is 9.95. The van der Waals surface area contributed by atoms with Crippen molar-refractivity contribution in [2.24, 2.45) is 11.7 Å². The van der Waals surface area contributed by atoms with E-state index < -0.39 is 11.2 Å². The lowest BCUT2D eigenvalue weighted by molar-refractivity contribution is 0.407. The fourth-order valence-corrected chi connectivity index (χ4v) is 1.74. The van der Waals surface area contributed by atoms with Gasteiger partial charge >= 0.3 is 5.69 Å². The first kappa shape index (κ1) is 13.4. The average Bonchev–Trinajstić information content (AvgIpc) is 2.29. The summed E-state index contributed by atoms with van der Waals surface area (Å²) in [6, 6.07) is -0.0434. The topological polar surface area (TPSA) is 117 Å². The molecule has 96 valence electrons. The Morgan fingerprint density at radius 3 is 2.53 bits per heavy atom. The molecule has 0 fully saturated rings. The van der Waals surface area contributed by atoms with Crippen molar-refractivity contribution in [2.45, 2.75) is 32.7 Å². The third-order valence-electron chi connectivity index (χ3n) is 2.87. The van der Waals surface area contributed by atoms with E-state index in [1.165, 1.54) is 0 Å². The second-order valence-electron chi connectivity index (χ2n) is 3.98. The van der Waals surface area contributed by atoms with E-state index in [-0.39, 0.29) is 11.9 Å². The lowest BCUT2D eigenvalue weighted by Gasteiger charge is -2.21. The third kappa shape index (κ3) is 3.70.